The van der Waals surface area contributed by atoms with Gasteiger partial charge in [-0.1, -0.05) is 23.7 Å². The van der Waals surface area contributed by atoms with Gasteiger partial charge in [-0.05, 0) is 55.8 Å². The van der Waals surface area contributed by atoms with Crippen LogP contribution in [-0.2, 0) is 0 Å². The van der Waals surface area contributed by atoms with E-state index in [1.54, 1.807) is 7.11 Å². The van der Waals surface area contributed by atoms with E-state index in [0.717, 1.165) is 54.7 Å². The lowest BCUT2D eigenvalue weighted by Gasteiger charge is -2.32. The fourth-order valence-electron chi connectivity index (χ4n) is 3.52. The highest BCUT2D eigenvalue weighted by molar-refractivity contribution is 6.30. The van der Waals surface area contributed by atoms with Crippen LogP contribution in [0.25, 0.3) is 0 Å². The minimum absolute atomic E-state index is 0.0982. The summed E-state index contributed by atoms with van der Waals surface area (Å²) in [5.41, 5.74) is 2.34. The van der Waals surface area contributed by atoms with Crippen molar-refractivity contribution in [2.75, 3.05) is 39.9 Å². The maximum atomic E-state index is 6.36. The lowest BCUT2D eigenvalue weighted by atomic mass is 9.95. The molecule has 0 bridgehead atoms. The van der Waals surface area contributed by atoms with E-state index in [0.29, 0.717) is 6.61 Å². The van der Waals surface area contributed by atoms with Crippen LogP contribution in [-0.4, -0.2) is 44.8 Å². The normalized spacial score (nSPS) is 16.7. The van der Waals surface area contributed by atoms with Gasteiger partial charge in [-0.25, -0.2) is 0 Å². The first kappa shape index (κ1) is 19.0. The highest BCUT2D eigenvalue weighted by Crippen LogP contribution is 2.37. The van der Waals surface area contributed by atoms with Gasteiger partial charge in [0.1, 0.15) is 11.5 Å². The molecule has 0 amide bonds. The Balaban J connectivity index is 2.05. The van der Waals surface area contributed by atoms with Gasteiger partial charge in [0.2, 0.25) is 0 Å². The highest BCUT2D eigenvalue weighted by Gasteiger charge is 2.26. The van der Waals surface area contributed by atoms with Crippen molar-refractivity contribution in [2.45, 2.75) is 19.4 Å². The molecule has 1 atom stereocenters. The largest absolute Gasteiger partial charge is 0.497 e. The zero-order valence-electron chi connectivity index (χ0n) is 15.5. The minimum atomic E-state index is 0.0982. The molecule has 1 N–H and O–H groups in total. The van der Waals surface area contributed by atoms with Gasteiger partial charge in [0.05, 0.1) is 19.8 Å². The Kier molecular flexibility index (Phi) is 6.78. The lowest BCUT2D eigenvalue weighted by molar-refractivity contribution is 0.233. The van der Waals surface area contributed by atoms with Crippen molar-refractivity contribution in [1.29, 1.82) is 0 Å². The monoisotopic (exact) mass is 374 g/mol. The standard InChI is InChI=1S/C21H27ClN2O2/c1-3-26-20-10-7-17(22)15-19(20)21(24-13-4-11-23-12-14-24)16-5-8-18(25-2)9-6-16/h5-10,15,21,23H,3-4,11-14H2,1-2H3. The summed E-state index contributed by atoms with van der Waals surface area (Å²) < 4.78 is 11.3. The van der Waals surface area contributed by atoms with Crippen LogP contribution in [0.15, 0.2) is 42.5 Å². The molecule has 2 aromatic carbocycles. The van der Waals surface area contributed by atoms with Gasteiger partial charge in [0.25, 0.3) is 0 Å². The molecule has 5 heteroatoms. The summed E-state index contributed by atoms with van der Waals surface area (Å²) in [6.07, 6.45) is 1.12. The predicted octanol–water partition coefficient (Wildman–Crippen LogP) is 4.13. The first-order valence-corrected chi connectivity index (χ1v) is 9.61. The molecule has 0 aromatic heterocycles. The maximum absolute atomic E-state index is 6.36. The van der Waals surface area contributed by atoms with E-state index in [1.165, 1.54) is 5.56 Å². The van der Waals surface area contributed by atoms with Gasteiger partial charge in [-0.15, -0.1) is 0 Å². The van der Waals surface area contributed by atoms with Crippen LogP contribution in [0.5, 0.6) is 11.5 Å². The lowest BCUT2D eigenvalue weighted by Crippen LogP contribution is -2.33. The van der Waals surface area contributed by atoms with E-state index in [2.05, 4.69) is 22.3 Å². The molecule has 1 heterocycles. The minimum Gasteiger partial charge on any atom is -0.497 e. The van der Waals surface area contributed by atoms with E-state index in [9.17, 15) is 0 Å². The zero-order valence-corrected chi connectivity index (χ0v) is 16.3. The average Bonchev–Trinajstić information content (AvgIpc) is 2.94. The Morgan fingerprint density at radius 3 is 2.65 bits per heavy atom. The quantitative estimate of drug-likeness (QED) is 0.824. The fourth-order valence-corrected chi connectivity index (χ4v) is 3.70. The van der Waals surface area contributed by atoms with Gasteiger partial charge < -0.3 is 14.8 Å². The summed E-state index contributed by atoms with van der Waals surface area (Å²) in [4.78, 5) is 2.51. The molecule has 0 radical (unpaired) electrons. The first-order valence-electron chi connectivity index (χ1n) is 9.24. The van der Waals surface area contributed by atoms with E-state index in [-0.39, 0.29) is 6.04 Å². The van der Waals surface area contributed by atoms with Crippen molar-refractivity contribution in [3.05, 3.63) is 58.6 Å². The summed E-state index contributed by atoms with van der Waals surface area (Å²) in [6, 6.07) is 14.3. The number of nitrogens with one attached hydrogen (secondary N) is 1. The molecule has 140 valence electrons. The van der Waals surface area contributed by atoms with Crippen LogP contribution < -0.4 is 14.8 Å². The van der Waals surface area contributed by atoms with Gasteiger partial charge >= 0.3 is 0 Å². The van der Waals surface area contributed by atoms with E-state index >= 15 is 0 Å². The van der Waals surface area contributed by atoms with Crippen molar-refractivity contribution >= 4 is 11.6 Å². The van der Waals surface area contributed by atoms with E-state index < -0.39 is 0 Å². The second-order valence-corrected chi connectivity index (χ2v) is 6.87. The Morgan fingerprint density at radius 1 is 1.12 bits per heavy atom. The molecule has 0 aliphatic carbocycles. The molecule has 2 aromatic rings. The summed E-state index contributed by atoms with van der Waals surface area (Å²) in [5, 5.41) is 4.22. The highest BCUT2D eigenvalue weighted by atomic mass is 35.5. The molecule has 3 rings (SSSR count). The molecule has 0 saturated carbocycles. The average molecular weight is 375 g/mol. The summed E-state index contributed by atoms with van der Waals surface area (Å²) in [5.74, 6) is 1.76. The SMILES string of the molecule is CCOc1ccc(Cl)cc1C(c1ccc(OC)cc1)N1CCCNCC1. The number of rotatable bonds is 6. The second-order valence-electron chi connectivity index (χ2n) is 6.43. The summed E-state index contributed by atoms with van der Waals surface area (Å²) >= 11 is 6.36. The van der Waals surface area contributed by atoms with Gasteiger partial charge in [0, 0.05) is 30.2 Å². The molecule has 1 unspecified atom stereocenters. The Bertz CT molecular complexity index is 698. The molecule has 4 nitrogen and oxygen atoms in total. The van der Waals surface area contributed by atoms with Crippen molar-refractivity contribution in [3.8, 4) is 11.5 Å². The van der Waals surface area contributed by atoms with Crippen LogP contribution in [0.3, 0.4) is 0 Å². The van der Waals surface area contributed by atoms with Crippen LogP contribution >= 0.6 is 11.6 Å². The molecule has 1 aliphatic heterocycles. The van der Waals surface area contributed by atoms with Gasteiger partial charge in [0.15, 0.2) is 0 Å². The van der Waals surface area contributed by atoms with Crippen LogP contribution in [0.4, 0.5) is 0 Å². The fraction of sp³-hybridized carbons (Fsp3) is 0.429. The van der Waals surface area contributed by atoms with Gasteiger partial charge in [-0.2, -0.15) is 0 Å². The first-order chi connectivity index (χ1) is 12.7. The predicted molar refractivity (Wildman–Crippen MR) is 107 cm³/mol. The number of hydrogen-bond donors (Lipinski definition) is 1. The van der Waals surface area contributed by atoms with Crippen molar-refractivity contribution in [1.82, 2.24) is 10.2 Å². The number of benzene rings is 2. The number of methoxy groups -OCH3 is 1. The number of ether oxygens (including phenoxy) is 2. The topological polar surface area (TPSA) is 33.7 Å². The molecular formula is C21H27ClN2O2. The number of halogens is 1. The summed E-state index contributed by atoms with van der Waals surface area (Å²) in [7, 11) is 1.69. The Hall–Kier alpha value is -1.75. The van der Waals surface area contributed by atoms with E-state index in [4.69, 9.17) is 21.1 Å². The Morgan fingerprint density at radius 2 is 1.92 bits per heavy atom. The molecule has 1 fully saturated rings. The molecule has 1 aliphatic rings. The zero-order chi connectivity index (χ0) is 18.4. The van der Waals surface area contributed by atoms with Crippen LogP contribution in [0.2, 0.25) is 5.02 Å². The molecular weight excluding hydrogens is 348 g/mol. The van der Waals surface area contributed by atoms with Crippen LogP contribution in [0, 0.1) is 0 Å². The third-order valence-electron chi connectivity index (χ3n) is 4.74. The smallest absolute Gasteiger partial charge is 0.124 e. The Labute approximate surface area is 161 Å². The van der Waals surface area contributed by atoms with E-state index in [1.807, 2.05) is 37.3 Å². The van der Waals surface area contributed by atoms with Gasteiger partial charge in [-0.3, -0.25) is 4.90 Å². The molecule has 1 saturated heterocycles. The molecule has 26 heavy (non-hydrogen) atoms. The van der Waals surface area contributed by atoms with Crippen LogP contribution in [0.1, 0.15) is 30.5 Å². The molecule has 0 spiro atoms. The third kappa shape index (κ3) is 4.50. The number of nitrogens with zero attached hydrogens (tertiary/aromatic N) is 1. The van der Waals surface area contributed by atoms with Crippen molar-refractivity contribution in [2.24, 2.45) is 0 Å². The third-order valence-corrected chi connectivity index (χ3v) is 4.97. The van der Waals surface area contributed by atoms with Crippen molar-refractivity contribution < 1.29 is 9.47 Å². The summed E-state index contributed by atoms with van der Waals surface area (Å²) in [6.45, 7) is 6.69. The maximum Gasteiger partial charge on any atom is 0.124 e. The second kappa shape index (κ2) is 9.26. The van der Waals surface area contributed by atoms with Crippen molar-refractivity contribution in [3.63, 3.8) is 0 Å². The number of hydrogen-bond acceptors (Lipinski definition) is 4.